The smallest absolute Gasteiger partial charge is 0.190 e. The number of aryl methyl sites for hydroxylation is 1. The molecule has 1 aromatic carbocycles. The van der Waals surface area contributed by atoms with Crippen LogP contribution >= 0.6 is 11.3 Å². The number of carbonyl (C=O) groups is 1. The first-order chi connectivity index (χ1) is 8.75. The molecule has 0 radical (unpaired) electrons. The van der Waals surface area contributed by atoms with Gasteiger partial charge in [-0.25, -0.2) is 4.98 Å². The molecule has 3 nitrogen and oxygen atoms in total. The Balaban J connectivity index is 2.00. The van der Waals surface area contributed by atoms with Gasteiger partial charge in [-0.15, -0.1) is 0 Å². The number of ketones is 1. The van der Waals surface area contributed by atoms with Gasteiger partial charge >= 0.3 is 0 Å². The van der Waals surface area contributed by atoms with Crippen molar-refractivity contribution in [1.29, 1.82) is 0 Å². The molecule has 0 amide bonds. The third kappa shape index (κ3) is 1.93. The molecular formula is C14H14N2OS. The number of nitrogens with zero attached hydrogens (tertiary/aromatic N) is 2. The van der Waals surface area contributed by atoms with Gasteiger partial charge < -0.3 is 4.90 Å². The van der Waals surface area contributed by atoms with Crippen LogP contribution in [0.2, 0.25) is 0 Å². The molecule has 3 rings (SSSR count). The van der Waals surface area contributed by atoms with E-state index >= 15 is 0 Å². The van der Waals surface area contributed by atoms with E-state index < -0.39 is 0 Å². The maximum atomic E-state index is 11.3. The topological polar surface area (TPSA) is 33.2 Å². The lowest BCUT2D eigenvalue weighted by Gasteiger charge is -2.28. The van der Waals surface area contributed by atoms with Crippen LogP contribution < -0.4 is 4.90 Å². The van der Waals surface area contributed by atoms with Crippen molar-refractivity contribution in [2.45, 2.75) is 19.8 Å². The standard InChI is InChI=1S/C14H14N2OS/c1-10(17)13-9-15-14(18-13)16-8-4-6-11-5-2-3-7-12(11)16/h2-3,5,7,9H,4,6,8H2,1H3. The lowest BCUT2D eigenvalue weighted by atomic mass is 10.0. The minimum absolute atomic E-state index is 0.0871. The highest BCUT2D eigenvalue weighted by atomic mass is 32.1. The van der Waals surface area contributed by atoms with Crippen molar-refractivity contribution in [3.63, 3.8) is 0 Å². The zero-order valence-electron chi connectivity index (χ0n) is 10.2. The third-order valence-corrected chi connectivity index (χ3v) is 4.30. The molecule has 1 aliphatic heterocycles. The average molecular weight is 258 g/mol. The summed E-state index contributed by atoms with van der Waals surface area (Å²) < 4.78 is 0. The lowest BCUT2D eigenvalue weighted by Crippen LogP contribution is -2.24. The van der Waals surface area contributed by atoms with Crippen LogP contribution in [0.4, 0.5) is 10.8 Å². The first-order valence-electron chi connectivity index (χ1n) is 6.08. The summed E-state index contributed by atoms with van der Waals surface area (Å²) in [6.45, 7) is 2.56. The van der Waals surface area contributed by atoms with E-state index in [1.807, 2.05) is 0 Å². The molecule has 0 atom stereocenters. The molecule has 92 valence electrons. The number of hydrogen-bond acceptors (Lipinski definition) is 4. The summed E-state index contributed by atoms with van der Waals surface area (Å²) in [6, 6.07) is 8.42. The molecule has 0 unspecified atom stereocenters. The minimum Gasteiger partial charge on any atom is -0.318 e. The highest BCUT2D eigenvalue weighted by molar-refractivity contribution is 7.17. The summed E-state index contributed by atoms with van der Waals surface area (Å²) >= 11 is 1.48. The second kappa shape index (κ2) is 4.53. The van der Waals surface area contributed by atoms with Crippen LogP contribution in [0.25, 0.3) is 0 Å². The molecule has 0 N–H and O–H groups in total. The Morgan fingerprint density at radius 1 is 1.39 bits per heavy atom. The van der Waals surface area contributed by atoms with Gasteiger partial charge in [-0.3, -0.25) is 4.79 Å². The molecule has 1 aliphatic rings. The first kappa shape index (κ1) is 11.4. The van der Waals surface area contributed by atoms with Gasteiger partial charge in [-0.05, 0) is 24.5 Å². The van der Waals surface area contributed by atoms with E-state index in [9.17, 15) is 4.79 Å². The van der Waals surface area contributed by atoms with Crippen LogP contribution in [0.15, 0.2) is 30.5 Å². The summed E-state index contributed by atoms with van der Waals surface area (Å²) in [5.41, 5.74) is 2.59. The number of para-hydroxylation sites is 1. The van der Waals surface area contributed by atoms with Gasteiger partial charge in [0, 0.05) is 19.2 Å². The van der Waals surface area contributed by atoms with Crippen molar-refractivity contribution in [2.75, 3.05) is 11.4 Å². The van der Waals surface area contributed by atoms with Crippen molar-refractivity contribution in [3.05, 3.63) is 40.9 Å². The maximum absolute atomic E-state index is 11.3. The Hall–Kier alpha value is -1.68. The SMILES string of the molecule is CC(=O)c1cnc(N2CCCc3ccccc32)s1. The highest BCUT2D eigenvalue weighted by Gasteiger charge is 2.20. The van der Waals surface area contributed by atoms with E-state index in [0.29, 0.717) is 0 Å². The Morgan fingerprint density at radius 3 is 3.00 bits per heavy atom. The predicted molar refractivity (Wildman–Crippen MR) is 73.9 cm³/mol. The van der Waals surface area contributed by atoms with Crippen LogP contribution in [0, 0.1) is 0 Å². The van der Waals surface area contributed by atoms with Crippen LogP contribution in [0.5, 0.6) is 0 Å². The van der Waals surface area contributed by atoms with E-state index in [-0.39, 0.29) is 5.78 Å². The summed E-state index contributed by atoms with van der Waals surface area (Å²) in [7, 11) is 0. The molecule has 2 heterocycles. The van der Waals surface area contributed by atoms with E-state index in [2.05, 4.69) is 34.1 Å². The van der Waals surface area contributed by atoms with Gasteiger partial charge in [0.1, 0.15) is 0 Å². The van der Waals surface area contributed by atoms with Gasteiger partial charge in [0.25, 0.3) is 0 Å². The zero-order valence-corrected chi connectivity index (χ0v) is 11.0. The second-order valence-corrected chi connectivity index (χ2v) is 5.46. The number of benzene rings is 1. The molecule has 0 saturated carbocycles. The van der Waals surface area contributed by atoms with Crippen molar-refractivity contribution in [3.8, 4) is 0 Å². The number of rotatable bonds is 2. The molecule has 2 aromatic rings. The Morgan fingerprint density at radius 2 is 2.22 bits per heavy atom. The Kier molecular flexibility index (Phi) is 2.88. The monoisotopic (exact) mass is 258 g/mol. The zero-order chi connectivity index (χ0) is 12.5. The van der Waals surface area contributed by atoms with E-state index in [4.69, 9.17) is 0 Å². The summed E-state index contributed by atoms with van der Waals surface area (Å²) in [4.78, 5) is 18.7. The molecule has 1 aromatic heterocycles. The number of aromatic nitrogens is 1. The van der Waals surface area contributed by atoms with Gasteiger partial charge in [0.2, 0.25) is 0 Å². The number of fused-ring (bicyclic) bond motifs is 1. The van der Waals surface area contributed by atoms with Crippen molar-refractivity contribution < 1.29 is 4.79 Å². The molecule has 18 heavy (non-hydrogen) atoms. The van der Waals surface area contributed by atoms with Gasteiger partial charge in [-0.2, -0.15) is 0 Å². The fourth-order valence-electron chi connectivity index (χ4n) is 2.28. The van der Waals surface area contributed by atoms with Crippen LogP contribution in [-0.4, -0.2) is 17.3 Å². The average Bonchev–Trinajstić information content (AvgIpc) is 2.87. The molecular weight excluding hydrogens is 244 g/mol. The fraction of sp³-hybridized carbons (Fsp3) is 0.286. The summed E-state index contributed by atoms with van der Waals surface area (Å²) in [5, 5.41) is 0.923. The molecule has 0 fully saturated rings. The number of carbonyl (C=O) groups excluding carboxylic acids is 1. The Labute approximate surface area is 110 Å². The third-order valence-electron chi connectivity index (χ3n) is 3.18. The Bertz CT molecular complexity index is 591. The molecule has 0 bridgehead atoms. The maximum Gasteiger partial charge on any atom is 0.190 e. The fourth-order valence-corrected chi connectivity index (χ4v) is 3.14. The van der Waals surface area contributed by atoms with Crippen LogP contribution in [0.1, 0.15) is 28.6 Å². The van der Waals surface area contributed by atoms with Crippen LogP contribution in [-0.2, 0) is 6.42 Å². The molecule has 4 heteroatoms. The lowest BCUT2D eigenvalue weighted by molar-refractivity contribution is 0.102. The van der Waals surface area contributed by atoms with Crippen LogP contribution in [0.3, 0.4) is 0 Å². The van der Waals surface area contributed by atoms with Gasteiger partial charge in [0.15, 0.2) is 10.9 Å². The van der Waals surface area contributed by atoms with E-state index in [1.165, 1.54) is 22.6 Å². The van der Waals surface area contributed by atoms with Gasteiger partial charge in [0.05, 0.1) is 11.1 Å². The summed E-state index contributed by atoms with van der Waals surface area (Å²) in [5.74, 6) is 0.0871. The van der Waals surface area contributed by atoms with Gasteiger partial charge in [-0.1, -0.05) is 29.5 Å². The number of hydrogen-bond donors (Lipinski definition) is 0. The van der Waals surface area contributed by atoms with Crippen molar-refractivity contribution in [2.24, 2.45) is 0 Å². The van der Waals surface area contributed by atoms with Crippen molar-refractivity contribution >= 4 is 27.9 Å². The second-order valence-electron chi connectivity index (χ2n) is 4.45. The minimum atomic E-state index is 0.0871. The normalized spacial score (nSPS) is 14.4. The number of thiazole rings is 1. The van der Waals surface area contributed by atoms with Crippen molar-refractivity contribution in [1.82, 2.24) is 4.98 Å². The summed E-state index contributed by atoms with van der Waals surface area (Å²) in [6.07, 6.45) is 3.93. The molecule has 0 spiro atoms. The number of anilines is 2. The highest BCUT2D eigenvalue weighted by Crippen LogP contribution is 2.35. The largest absolute Gasteiger partial charge is 0.318 e. The van der Waals surface area contributed by atoms with E-state index in [1.54, 1.807) is 13.1 Å². The molecule has 0 aliphatic carbocycles. The van der Waals surface area contributed by atoms with E-state index in [0.717, 1.165) is 29.4 Å². The predicted octanol–water partition coefficient (Wildman–Crippen LogP) is 3.43. The quantitative estimate of drug-likeness (QED) is 0.774. The molecule has 0 saturated heterocycles. The number of Topliss-reactive ketones (excluding diaryl/α,β-unsaturated/α-hetero) is 1. The first-order valence-corrected chi connectivity index (χ1v) is 6.89.